The second-order valence-corrected chi connectivity index (χ2v) is 6.05. The van der Waals surface area contributed by atoms with Crippen LogP contribution in [0.1, 0.15) is 52.0 Å². The number of esters is 1. The van der Waals surface area contributed by atoms with Crippen LogP contribution in [0.25, 0.3) is 0 Å². The van der Waals surface area contributed by atoms with Crippen molar-refractivity contribution in [2.75, 3.05) is 11.9 Å². The Labute approximate surface area is 149 Å². The van der Waals surface area contributed by atoms with E-state index in [0.717, 1.165) is 30.5 Å². The Bertz CT molecular complexity index is 569. The van der Waals surface area contributed by atoms with Crippen molar-refractivity contribution >= 4 is 23.3 Å². The Morgan fingerprint density at radius 1 is 1.08 bits per heavy atom. The Morgan fingerprint density at radius 3 is 2.32 bits per heavy atom. The second-order valence-electron chi connectivity index (χ2n) is 6.05. The molecule has 0 aliphatic rings. The highest BCUT2D eigenvalue weighted by Gasteiger charge is 2.18. The molecule has 138 valence electrons. The standard InChI is InChI=1S/C19H28N2O4/c1-4-5-6-7-18(21-14(2)22)19(24)12-20-17-10-8-16(9-11-17)13-25-15(3)23/h8-11,18,20H,4-7,12-13H2,1-3H3,(H,21,22). The molecular weight excluding hydrogens is 320 g/mol. The normalized spacial score (nSPS) is 11.5. The molecule has 0 aromatic heterocycles. The zero-order valence-electron chi connectivity index (χ0n) is 15.3. The molecule has 2 N–H and O–H groups in total. The van der Waals surface area contributed by atoms with E-state index in [1.54, 1.807) is 0 Å². The lowest BCUT2D eigenvalue weighted by atomic mass is 10.0. The van der Waals surface area contributed by atoms with E-state index in [1.807, 2.05) is 24.3 Å². The molecule has 6 nitrogen and oxygen atoms in total. The monoisotopic (exact) mass is 348 g/mol. The molecule has 1 amide bonds. The zero-order valence-corrected chi connectivity index (χ0v) is 15.3. The highest BCUT2D eigenvalue weighted by Crippen LogP contribution is 2.11. The van der Waals surface area contributed by atoms with Gasteiger partial charge in [-0.25, -0.2) is 0 Å². The number of carbonyl (C=O) groups is 3. The second kappa shape index (κ2) is 11.2. The highest BCUT2D eigenvalue weighted by molar-refractivity contribution is 5.91. The van der Waals surface area contributed by atoms with Crippen molar-refractivity contribution < 1.29 is 19.1 Å². The molecule has 0 heterocycles. The first-order valence-electron chi connectivity index (χ1n) is 8.68. The maximum absolute atomic E-state index is 12.4. The lowest BCUT2D eigenvalue weighted by Crippen LogP contribution is -2.42. The largest absolute Gasteiger partial charge is 0.461 e. The van der Waals surface area contributed by atoms with Crippen LogP contribution in [0.5, 0.6) is 0 Å². The average Bonchev–Trinajstić information content (AvgIpc) is 2.57. The SMILES string of the molecule is CCCCCC(NC(C)=O)C(=O)CNc1ccc(COC(C)=O)cc1. The predicted molar refractivity (Wildman–Crippen MR) is 97.2 cm³/mol. The minimum absolute atomic E-state index is 0.0321. The Hall–Kier alpha value is -2.37. The molecular formula is C19H28N2O4. The average molecular weight is 348 g/mol. The van der Waals surface area contributed by atoms with Crippen molar-refractivity contribution in [2.24, 2.45) is 0 Å². The van der Waals surface area contributed by atoms with Gasteiger partial charge < -0.3 is 15.4 Å². The summed E-state index contributed by atoms with van der Waals surface area (Å²) in [5.41, 5.74) is 1.68. The van der Waals surface area contributed by atoms with Gasteiger partial charge in [0, 0.05) is 19.5 Å². The molecule has 6 heteroatoms. The molecule has 0 aliphatic heterocycles. The number of nitrogens with one attached hydrogen (secondary N) is 2. The smallest absolute Gasteiger partial charge is 0.302 e. The van der Waals surface area contributed by atoms with Gasteiger partial charge in [-0.15, -0.1) is 0 Å². The van der Waals surface area contributed by atoms with Crippen LogP contribution in [0.2, 0.25) is 0 Å². The number of benzene rings is 1. The van der Waals surface area contributed by atoms with E-state index in [-0.39, 0.29) is 30.8 Å². The van der Waals surface area contributed by atoms with Crippen LogP contribution in [-0.4, -0.2) is 30.2 Å². The zero-order chi connectivity index (χ0) is 18.7. The molecule has 0 bridgehead atoms. The van der Waals surface area contributed by atoms with Crippen molar-refractivity contribution in [1.29, 1.82) is 0 Å². The van der Waals surface area contributed by atoms with Gasteiger partial charge in [0.2, 0.25) is 5.91 Å². The van der Waals surface area contributed by atoms with Crippen LogP contribution in [-0.2, 0) is 25.7 Å². The first kappa shape index (κ1) is 20.7. The molecule has 1 aromatic rings. The molecule has 0 fully saturated rings. The van der Waals surface area contributed by atoms with Gasteiger partial charge >= 0.3 is 5.97 Å². The van der Waals surface area contributed by atoms with E-state index in [9.17, 15) is 14.4 Å². The molecule has 25 heavy (non-hydrogen) atoms. The lowest BCUT2D eigenvalue weighted by molar-refractivity contribution is -0.142. The third kappa shape index (κ3) is 8.88. The molecule has 1 atom stereocenters. The number of ketones is 1. The summed E-state index contributed by atoms with van der Waals surface area (Å²) < 4.78 is 4.93. The number of carbonyl (C=O) groups excluding carboxylic acids is 3. The van der Waals surface area contributed by atoms with Gasteiger partial charge in [0.25, 0.3) is 0 Å². The maximum atomic E-state index is 12.4. The van der Waals surface area contributed by atoms with Crippen molar-refractivity contribution in [2.45, 2.75) is 59.1 Å². The summed E-state index contributed by atoms with van der Waals surface area (Å²) in [6, 6.07) is 6.89. The van der Waals surface area contributed by atoms with Crippen LogP contribution in [0, 0.1) is 0 Å². The molecule has 1 aromatic carbocycles. The summed E-state index contributed by atoms with van der Waals surface area (Å²) >= 11 is 0. The predicted octanol–water partition coefficient (Wildman–Crippen LogP) is 2.82. The van der Waals surface area contributed by atoms with Crippen LogP contribution >= 0.6 is 0 Å². The topological polar surface area (TPSA) is 84.5 Å². The van der Waals surface area contributed by atoms with E-state index >= 15 is 0 Å². The van der Waals surface area contributed by atoms with E-state index in [2.05, 4.69) is 17.6 Å². The number of unbranched alkanes of at least 4 members (excludes halogenated alkanes) is 2. The van der Waals surface area contributed by atoms with E-state index < -0.39 is 6.04 Å². The van der Waals surface area contributed by atoms with E-state index in [0.29, 0.717) is 6.42 Å². The Kier molecular flexibility index (Phi) is 9.29. The van der Waals surface area contributed by atoms with E-state index in [4.69, 9.17) is 4.74 Å². The Balaban J connectivity index is 2.51. The van der Waals surface area contributed by atoms with Crippen molar-refractivity contribution in [3.8, 4) is 0 Å². The quantitative estimate of drug-likeness (QED) is 0.474. The third-order valence-electron chi connectivity index (χ3n) is 3.73. The first-order valence-corrected chi connectivity index (χ1v) is 8.68. The molecule has 0 saturated heterocycles. The van der Waals surface area contributed by atoms with Gasteiger partial charge in [-0.3, -0.25) is 14.4 Å². The van der Waals surface area contributed by atoms with Crippen molar-refractivity contribution in [3.63, 3.8) is 0 Å². The molecule has 0 radical (unpaired) electrons. The number of amides is 1. The number of hydrogen-bond acceptors (Lipinski definition) is 5. The first-order chi connectivity index (χ1) is 11.9. The summed E-state index contributed by atoms with van der Waals surface area (Å²) in [6.45, 7) is 5.28. The lowest BCUT2D eigenvalue weighted by Gasteiger charge is -2.17. The Morgan fingerprint density at radius 2 is 1.76 bits per heavy atom. The fourth-order valence-corrected chi connectivity index (χ4v) is 2.37. The summed E-state index contributed by atoms with van der Waals surface area (Å²) in [7, 11) is 0. The maximum Gasteiger partial charge on any atom is 0.302 e. The van der Waals surface area contributed by atoms with Crippen LogP contribution in [0.4, 0.5) is 5.69 Å². The molecule has 1 unspecified atom stereocenters. The van der Waals surface area contributed by atoms with Gasteiger partial charge in [-0.2, -0.15) is 0 Å². The van der Waals surface area contributed by atoms with Gasteiger partial charge in [-0.1, -0.05) is 38.3 Å². The summed E-state index contributed by atoms with van der Waals surface area (Å²) in [6.07, 6.45) is 3.69. The van der Waals surface area contributed by atoms with Gasteiger partial charge in [0.15, 0.2) is 5.78 Å². The molecule has 0 spiro atoms. The summed E-state index contributed by atoms with van der Waals surface area (Å²) in [5, 5.41) is 5.81. The van der Waals surface area contributed by atoms with Crippen LogP contribution in [0.15, 0.2) is 24.3 Å². The van der Waals surface area contributed by atoms with Gasteiger partial charge in [0.1, 0.15) is 6.61 Å². The van der Waals surface area contributed by atoms with Crippen molar-refractivity contribution in [3.05, 3.63) is 29.8 Å². The van der Waals surface area contributed by atoms with Crippen LogP contribution < -0.4 is 10.6 Å². The molecule has 0 saturated carbocycles. The van der Waals surface area contributed by atoms with Gasteiger partial charge in [-0.05, 0) is 24.1 Å². The van der Waals surface area contributed by atoms with E-state index in [1.165, 1.54) is 13.8 Å². The number of ether oxygens (including phenoxy) is 1. The fraction of sp³-hybridized carbons (Fsp3) is 0.526. The van der Waals surface area contributed by atoms with Gasteiger partial charge in [0.05, 0.1) is 12.6 Å². The number of rotatable bonds is 11. The fourth-order valence-electron chi connectivity index (χ4n) is 2.37. The summed E-state index contributed by atoms with van der Waals surface area (Å²) in [4.78, 5) is 34.4. The van der Waals surface area contributed by atoms with Crippen LogP contribution in [0.3, 0.4) is 0 Å². The number of anilines is 1. The molecule has 1 rings (SSSR count). The molecule has 0 aliphatic carbocycles. The number of Topliss-reactive ketones (excluding diaryl/α,β-unsaturated/α-hetero) is 1. The minimum atomic E-state index is -0.445. The van der Waals surface area contributed by atoms with Crippen molar-refractivity contribution in [1.82, 2.24) is 5.32 Å². The minimum Gasteiger partial charge on any atom is -0.461 e. The number of hydrogen-bond donors (Lipinski definition) is 2. The highest BCUT2D eigenvalue weighted by atomic mass is 16.5. The summed E-state index contributed by atoms with van der Waals surface area (Å²) in [5.74, 6) is -0.542. The third-order valence-corrected chi connectivity index (χ3v) is 3.73.